The van der Waals surface area contributed by atoms with Crippen LogP contribution in [0.4, 0.5) is 5.82 Å². The lowest BCUT2D eigenvalue weighted by Gasteiger charge is -2.12. The summed E-state index contributed by atoms with van der Waals surface area (Å²) in [6.45, 7) is 5.05. The number of aromatic nitrogens is 2. The van der Waals surface area contributed by atoms with Gasteiger partial charge in [-0.05, 0) is 20.3 Å². The molecule has 0 saturated carbocycles. The Morgan fingerprint density at radius 2 is 2.22 bits per heavy atom. The van der Waals surface area contributed by atoms with E-state index in [1.807, 2.05) is 0 Å². The van der Waals surface area contributed by atoms with Gasteiger partial charge in [-0.1, -0.05) is 6.92 Å². The Morgan fingerprint density at radius 1 is 1.56 bits per heavy atom. The van der Waals surface area contributed by atoms with E-state index in [-0.39, 0.29) is 5.75 Å². The lowest BCUT2D eigenvalue weighted by molar-refractivity contribution is -0.117. The molecule has 0 aliphatic carbocycles. The second-order valence-corrected chi connectivity index (χ2v) is 5.96. The van der Waals surface area contributed by atoms with Crippen LogP contribution in [0, 0.1) is 6.92 Å². The highest BCUT2D eigenvalue weighted by Gasteiger charge is 2.20. The van der Waals surface area contributed by atoms with Crippen molar-refractivity contribution in [2.45, 2.75) is 33.2 Å². The molecule has 1 heterocycles. The largest absolute Gasteiger partial charge is 0.308 e. The third-order valence-electron chi connectivity index (χ3n) is 2.18. The van der Waals surface area contributed by atoms with Crippen molar-refractivity contribution in [1.82, 2.24) is 14.9 Å². The average Bonchev–Trinajstić information content (AvgIpc) is 2.62. The lowest BCUT2D eigenvalue weighted by atomic mass is 10.3. The molecular weight excluding hydrogens is 256 g/mol. The molecule has 0 aliphatic rings. The maximum absolute atomic E-state index is 11.7. The highest BCUT2D eigenvalue weighted by Crippen LogP contribution is 2.04. The molecule has 8 heteroatoms. The number of carbonyl (C=O) groups excluding carboxylic acids is 1. The van der Waals surface area contributed by atoms with Gasteiger partial charge in [0.05, 0.1) is 11.8 Å². The summed E-state index contributed by atoms with van der Waals surface area (Å²) in [5.41, 5.74) is 0.810. The number of aryl methyl sites for hydroxylation is 1. The maximum atomic E-state index is 11.7. The van der Waals surface area contributed by atoms with E-state index in [0.717, 1.165) is 5.69 Å². The minimum atomic E-state index is -3.40. The zero-order valence-electron chi connectivity index (χ0n) is 10.6. The second kappa shape index (κ2) is 5.96. The van der Waals surface area contributed by atoms with Crippen molar-refractivity contribution in [3.8, 4) is 0 Å². The first-order valence-corrected chi connectivity index (χ1v) is 7.32. The average molecular weight is 274 g/mol. The van der Waals surface area contributed by atoms with Gasteiger partial charge in [0.1, 0.15) is 0 Å². The summed E-state index contributed by atoms with van der Waals surface area (Å²) in [4.78, 5) is 11.7. The van der Waals surface area contributed by atoms with E-state index in [1.54, 1.807) is 19.9 Å². The number of amides is 1. The van der Waals surface area contributed by atoms with Gasteiger partial charge in [0.15, 0.2) is 5.82 Å². The number of carbonyl (C=O) groups is 1. The molecule has 0 saturated heterocycles. The van der Waals surface area contributed by atoms with Crippen LogP contribution in [-0.2, 0) is 14.8 Å². The fourth-order valence-electron chi connectivity index (χ4n) is 1.37. The molecule has 1 unspecified atom stereocenters. The number of nitrogens with zero attached hydrogens (tertiary/aromatic N) is 1. The van der Waals surface area contributed by atoms with E-state index in [0.29, 0.717) is 12.2 Å². The van der Waals surface area contributed by atoms with E-state index >= 15 is 0 Å². The smallest absolute Gasteiger partial charge is 0.243 e. The van der Waals surface area contributed by atoms with Crippen LogP contribution in [0.3, 0.4) is 0 Å². The third-order valence-corrected chi connectivity index (χ3v) is 3.84. The number of nitrogens with one attached hydrogen (secondary N) is 3. The first-order valence-electron chi connectivity index (χ1n) is 5.67. The zero-order valence-corrected chi connectivity index (χ0v) is 11.5. The summed E-state index contributed by atoms with van der Waals surface area (Å²) in [6.07, 6.45) is 0.502. The molecule has 1 aromatic heterocycles. The van der Waals surface area contributed by atoms with Crippen molar-refractivity contribution in [2.24, 2.45) is 0 Å². The molecule has 0 fully saturated rings. The van der Waals surface area contributed by atoms with E-state index in [1.165, 1.54) is 6.92 Å². The van der Waals surface area contributed by atoms with Gasteiger partial charge in [-0.25, -0.2) is 13.1 Å². The summed E-state index contributed by atoms with van der Waals surface area (Å²) in [5.74, 6) is -0.0632. The van der Waals surface area contributed by atoms with Crippen LogP contribution >= 0.6 is 0 Å². The summed E-state index contributed by atoms with van der Waals surface area (Å²) in [7, 11) is -3.40. The van der Waals surface area contributed by atoms with Crippen LogP contribution in [0.2, 0.25) is 0 Å². The summed E-state index contributed by atoms with van der Waals surface area (Å²) in [5, 5.41) is 9.03. The van der Waals surface area contributed by atoms with Crippen molar-refractivity contribution >= 4 is 21.7 Å². The quantitative estimate of drug-likeness (QED) is 0.697. The molecule has 1 rings (SSSR count). The molecule has 3 N–H and O–H groups in total. The second-order valence-electron chi connectivity index (χ2n) is 4.08. The van der Waals surface area contributed by atoms with E-state index < -0.39 is 22.0 Å². The highest BCUT2D eigenvalue weighted by atomic mass is 32.2. The van der Waals surface area contributed by atoms with Gasteiger partial charge >= 0.3 is 0 Å². The molecule has 0 aliphatic heterocycles. The summed E-state index contributed by atoms with van der Waals surface area (Å²) in [6, 6.07) is 0.823. The number of rotatable bonds is 6. The standard InChI is InChI=1S/C10H18N4O3S/c1-4-5-18(16,17)14-8(3)10(15)11-9-6-7(2)12-13-9/h6,8,14H,4-5H2,1-3H3,(H2,11,12,13,15). The fraction of sp³-hybridized carbons (Fsp3) is 0.600. The highest BCUT2D eigenvalue weighted by molar-refractivity contribution is 7.89. The summed E-state index contributed by atoms with van der Waals surface area (Å²) < 4.78 is 25.3. The minimum Gasteiger partial charge on any atom is -0.308 e. The Balaban J connectivity index is 2.57. The van der Waals surface area contributed by atoms with E-state index in [9.17, 15) is 13.2 Å². The molecule has 102 valence electrons. The lowest BCUT2D eigenvalue weighted by Crippen LogP contribution is -2.42. The monoisotopic (exact) mass is 274 g/mol. The van der Waals surface area contributed by atoms with E-state index in [4.69, 9.17) is 0 Å². The van der Waals surface area contributed by atoms with Crippen LogP contribution < -0.4 is 10.0 Å². The molecule has 1 aromatic rings. The minimum absolute atomic E-state index is 0.00608. The SMILES string of the molecule is CCCS(=O)(=O)NC(C)C(=O)Nc1cc(C)[nH]n1. The van der Waals surface area contributed by atoms with Crippen LogP contribution in [-0.4, -0.2) is 36.3 Å². The van der Waals surface area contributed by atoms with Crippen LogP contribution in [0.5, 0.6) is 0 Å². The molecule has 7 nitrogen and oxygen atoms in total. The molecule has 0 aromatic carbocycles. The zero-order chi connectivity index (χ0) is 13.8. The first-order chi connectivity index (χ1) is 8.34. The number of anilines is 1. The summed E-state index contributed by atoms with van der Waals surface area (Å²) >= 11 is 0. The molecule has 1 atom stereocenters. The third kappa shape index (κ3) is 4.46. The predicted octanol–water partition coefficient (Wildman–Crippen LogP) is 0.375. The Kier molecular flexibility index (Phi) is 4.85. The maximum Gasteiger partial charge on any atom is 0.243 e. The Bertz CT molecular complexity index is 509. The molecule has 0 spiro atoms. The molecule has 1 amide bonds. The number of hydrogen-bond acceptors (Lipinski definition) is 4. The van der Waals surface area contributed by atoms with Gasteiger partial charge in [-0.15, -0.1) is 0 Å². The van der Waals surface area contributed by atoms with Crippen LogP contribution in [0.25, 0.3) is 0 Å². The normalized spacial score (nSPS) is 13.3. The molecule has 0 bridgehead atoms. The predicted molar refractivity (Wildman–Crippen MR) is 68.6 cm³/mol. The Hall–Kier alpha value is -1.41. The number of hydrogen-bond donors (Lipinski definition) is 3. The number of aromatic amines is 1. The van der Waals surface area contributed by atoms with Gasteiger partial charge in [-0.3, -0.25) is 9.89 Å². The first kappa shape index (κ1) is 14.7. The van der Waals surface area contributed by atoms with Gasteiger partial charge in [0, 0.05) is 11.8 Å². The van der Waals surface area contributed by atoms with Gasteiger partial charge in [-0.2, -0.15) is 5.10 Å². The molecule has 18 heavy (non-hydrogen) atoms. The number of H-pyrrole nitrogens is 1. The molecule has 0 radical (unpaired) electrons. The fourth-order valence-corrected chi connectivity index (χ4v) is 2.67. The topological polar surface area (TPSA) is 104 Å². The van der Waals surface area contributed by atoms with Crippen molar-refractivity contribution < 1.29 is 13.2 Å². The van der Waals surface area contributed by atoms with Gasteiger partial charge < -0.3 is 5.32 Å². The molecular formula is C10H18N4O3S. The van der Waals surface area contributed by atoms with Crippen LogP contribution in [0.15, 0.2) is 6.07 Å². The Morgan fingerprint density at radius 3 is 2.72 bits per heavy atom. The van der Waals surface area contributed by atoms with Gasteiger partial charge in [0.25, 0.3) is 0 Å². The van der Waals surface area contributed by atoms with Crippen LogP contribution in [0.1, 0.15) is 26.0 Å². The van der Waals surface area contributed by atoms with Crippen molar-refractivity contribution in [2.75, 3.05) is 11.1 Å². The van der Waals surface area contributed by atoms with Crippen molar-refractivity contribution in [1.29, 1.82) is 0 Å². The van der Waals surface area contributed by atoms with Gasteiger partial charge in [0.2, 0.25) is 15.9 Å². The van der Waals surface area contributed by atoms with Crippen molar-refractivity contribution in [3.05, 3.63) is 11.8 Å². The Labute approximate surface area is 106 Å². The van der Waals surface area contributed by atoms with Crippen molar-refractivity contribution in [3.63, 3.8) is 0 Å². The van der Waals surface area contributed by atoms with E-state index in [2.05, 4.69) is 20.2 Å². The number of sulfonamides is 1.